The van der Waals surface area contributed by atoms with Crippen LogP contribution in [0.5, 0.6) is 0 Å². The third-order valence-corrected chi connectivity index (χ3v) is 4.61. The molecule has 7 nitrogen and oxygen atoms in total. The van der Waals surface area contributed by atoms with Crippen LogP contribution in [0.1, 0.15) is 33.7 Å². The third-order valence-electron chi connectivity index (χ3n) is 3.81. The maximum absolute atomic E-state index is 12.3. The molecule has 1 unspecified atom stereocenters. The number of thiazole rings is 1. The molecule has 8 heteroatoms. The highest BCUT2D eigenvalue weighted by atomic mass is 32.1. The van der Waals surface area contributed by atoms with Crippen molar-refractivity contribution in [3.8, 4) is 0 Å². The Morgan fingerprint density at radius 1 is 1.36 bits per heavy atom. The molecule has 0 bridgehead atoms. The van der Waals surface area contributed by atoms with Crippen LogP contribution in [0.2, 0.25) is 0 Å². The van der Waals surface area contributed by atoms with Gasteiger partial charge in [-0.1, -0.05) is 0 Å². The Bertz CT molecular complexity index is 739. The molecule has 1 fully saturated rings. The molecule has 1 aliphatic heterocycles. The van der Waals surface area contributed by atoms with Crippen molar-refractivity contribution in [3.05, 3.63) is 40.9 Å². The highest BCUT2D eigenvalue weighted by Gasteiger charge is 2.16. The summed E-state index contributed by atoms with van der Waals surface area (Å²) in [5, 5.41) is 8.36. The zero-order valence-electron chi connectivity index (χ0n) is 13.8. The van der Waals surface area contributed by atoms with Gasteiger partial charge in [0.05, 0.1) is 18.8 Å². The molecule has 1 amide bonds. The molecule has 0 spiro atoms. The molecule has 2 heterocycles. The quantitative estimate of drug-likeness (QED) is 0.769. The fourth-order valence-corrected chi connectivity index (χ4v) is 3.17. The van der Waals surface area contributed by atoms with Gasteiger partial charge in [0.1, 0.15) is 5.69 Å². The minimum absolute atomic E-state index is 0.217. The minimum atomic E-state index is -0.417. The number of nitrogens with zero attached hydrogens (tertiary/aromatic N) is 1. The van der Waals surface area contributed by atoms with Gasteiger partial charge in [0.25, 0.3) is 5.91 Å². The summed E-state index contributed by atoms with van der Waals surface area (Å²) in [6.45, 7) is 1.51. The van der Waals surface area contributed by atoms with Crippen LogP contribution in [0, 0.1) is 0 Å². The van der Waals surface area contributed by atoms with E-state index in [1.165, 1.54) is 18.4 Å². The van der Waals surface area contributed by atoms with Crippen LogP contribution in [-0.2, 0) is 9.47 Å². The van der Waals surface area contributed by atoms with Gasteiger partial charge in [0.2, 0.25) is 0 Å². The van der Waals surface area contributed by atoms with Crippen LogP contribution in [0.3, 0.4) is 0 Å². The Labute approximate surface area is 149 Å². The Hall–Kier alpha value is -2.45. The molecule has 1 aromatic heterocycles. The van der Waals surface area contributed by atoms with Crippen LogP contribution in [0.25, 0.3) is 0 Å². The van der Waals surface area contributed by atoms with E-state index in [1.54, 1.807) is 29.6 Å². The van der Waals surface area contributed by atoms with Crippen molar-refractivity contribution in [2.45, 2.75) is 18.9 Å². The van der Waals surface area contributed by atoms with E-state index < -0.39 is 5.97 Å². The average Bonchev–Trinajstić information content (AvgIpc) is 3.31. The van der Waals surface area contributed by atoms with Crippen molar-refractivity contribution in [3.63, 3.8) is 0 Å². The number of amides is 1. The molecule has 25 heavy (non-hydrogen) atoms. The van der Waals surface area contributed by atoms with E-state index >= 15 is 0 Å². The molecule has 2 aromatic rings. The number of nitrogens with one attached hydrogen (secondary N) is 2. The summed E-state index contributed by atoms with van der Waals surface area (Å²) < 4.78 is 10.2. The second-order valence-electron chi connectivity index (χ2n) is 5.58. The molecule has 0 radical (unpaired) electrons. The lowest BCUT2D eigenvalue weighted by Gasteiger charge is -2.09. The van der Waals surface area contributed by atoms with E-state index in [0.717, 1.165) is 19.4 Å². The molecule has 1 aliphatic rings. The van der Waals surface area contributed by atoms with Gasteiger partial charge < -0.3 is 20.1 Å². The van der Waals surface area contributed by atoms with Crippen LogP contribution >= 0.6 is 11.3 Å². The molecule has 0 aliphatic carbocycles. The molecule has 3 rings (SSSR count). The zero-order chi connectivity index (χ0) is 17.6. The molecule has 1 aromatic carbocycles. The summed E-state index contributed by atoms with van der Waals surface area (Å²) in [7, 11) is 1.32. The van der Waals surface area contributed by atoms with E-state index in [2.05, 4.69) is 20.4 Å². The number of aromatic nitrogens is 1. The Balaban J connectivity index is 1.55. The van der Waals surface area contributed by atoms with Crippen molar-refractivity contribution in [2.24, 2.45) is 0 Å². The number of carbonyl (C=O) groups is 2. The lowest BCUT2D eigenvalue weighted by Crippen LogP contribution is -2.18. The van der Waals surface area contributed by atoms with Crippen molar-refractivity contribution in [1.29, 1.82) is 0 Å². The monoisotopic (exact) mass is 361 g/mol. The molecule has 1 atom stereocenters. The molecular formula is C17H19N3O4S. The summed E-state index contributed by atoms with van der Waals surface area (Å²) in [4.78, 5) is 27.9. The molecule has 2 N–H and O–H groups in total. The average molecular weight is 361 g/mol. The standard InChI is InChI=1S/C17H19N3O4S/c1-23-16(22)11-4-6-12(7-5-11)19-15(21)14-10-25-17(20-14)18-9-13-3-2-8-24-13/h4-7,10,13H,2-3,8-9H2,1H3,(H,18,20)(H,19,21). The number of methoxy groups -OCH3 is 1. The van der Waals surface area contributed by atoms with Gasteiger partial charge in [0, 0.05) is 24.2 Å². The topological polar surface area (TPSA) is 89.5 Å². The van der Waals surface area contributed by atoms with Crippen LogP contribution in [0.4, 0.5) is 10.8 Å². The molecular weight excluding hydrogens is 342 g/mol. The normalized spacial score (nSPS) is 16.4. The van der Waals surface area contributed by atoms with E-state index in [1.807, 2.05) is 0 Å². The fourth-order valence-electron chi connectivity index (χ4n) is 2.47. The second kappa shape index (κ2) is 8.09. The van der Waals surface area contributed by atoms with Gasteiger partial charge in [-0.3, -0.25) is 4.79 Å². The number of ether oxygens (including phenoxy) is 2. The summed E-state index contributed by atoms with van der Waals surface area (Å²) >= 11 is 1.38. The number of anilines is 2. The number of carbonyl (C=O) groups excluding carboxylic acids is 2. The van der Waals surface area contributed by atoms with Gasteiger partial charge in [-0.2, -0.15) is 0 Å². The fraction of sp³-hybridized carbons (Fsp3) is 0.353. The Morgan fingerprint density at radius 2 is 2.16 bits per heavy atom. The Kier molecular flexibility index (Phi) is 5.62. The van der Waals surface area contributed by atoms with E-state index in [4.69, 9.17) is 4.74 Å². The molecule has 1 saturated heterocycles. The first kappa shape index (κ1) is 17.4. The van der Waals surface area contributed by atoms with Gasteiger partial charge in [0.15, 0.2) is 5.13 Å². The summed E-state index contributed by atoms with van der Waals surface area (Å²) in [6, 6.07) is 6.48. The number of esters is 1. The van der Waals surface area contributed by atoms with Gasteiger partial charge >= 0.3 is 5.97 Å². The van der Waals surface area contributed by atoms with Gasteiger partial charge in [-0.05, 0) is 37.1 Å². The van der Waals surface area contributed by atoms with Crippen molar-refractivity contribution in [2.75, 3.05) is 30.9 Å². The summed E-state index contributed by atoms with van der Waals surface area (Å²) in [5.74, 6) is -0.716. The number of hydrogen-bond donors (Lipinski definition) is 2. The number of hydrogen-bond acceptors (Lipinski definition) is 7. The molecule has 0 saturated carbocycles. The largest absolute Gasteiger partial charge is 0.465 e. The maximum Gasteiger partial charge on any atom is 0.337 e. The minimum Gasteiger partial charge on any atom is -0.465 e. The highest BCUT2D eigenvalue weighted by Crippen LogP contribution is 2.19. The lowest BCUT2D eigenvalue weighted by molar-refractivity contribution is 0.0600. The highest BCUT2D eigenvalue weighted by molar-refractivity contribution is 7.13. The van der Waals surface area contributed by atoms with Crippen molar-refractivity contribution in [1.82, 2.24) is 4.98 Å². The summed E-state index contributed by atoms with van der Waals surface area (Å²) in [6.07, 6.45) is 2.36. The lowest BCUT2D eigenvalue weighted by atomic mass is 10.2. The maximum atomic E-state index is 12.3. The first-order valence-corrected chi connectivity index (χ1v) is 8.84. The van der Waals surface area contributed by atoms with Gasteiger partial charge in [-0.15, -0.1) is 11.3 Å². The SMILES string of the molecule is COC(=O)c1ccc(NC(=O)c2csc(NCC3CCCO3)n2)cc1. The van der Waals surface area contributed by atoms with Crippen molar-refractivity contribution >= 4 is 34.0 Å². The summed E-state index contributed by atoms with van der Waals surface area (Å²) in [5.41, 5.74) is 1.35. The third kappa shape index (κ3) is 4.55. The zero-order valence-corrected chi connectivity index (χ0v) is 14.6. The van der Waals surface area contributed by atoms with Gasteiger partial charge in [-0.25, -0.2) is 9.78 Å². The number of benzene rings is 1. The Morgan fingerprint density at radius 3 is 2.84 bits per heavy atom. The molecule has 132 valence electrons. The second-order valence-corrected chi connectivity index (χ2v) is 6.43. The predicted molar refractivity (Wildman–Crippen MR) is 95.3 cm³/mol. The first-order chi connectivity index (χ1) is 12.2. The smallest absolute Gasteiger partial charge is 0.337 e. The number of rotatable bonds is 6. The van der Waals surface area contributed by atoms with Crippen LogP contribution < -0.4 is 10.6 Å². The van der Waals surface area contributed by atoms with E-state index in [9.17, 15) is 9.59 Å². The van der Waals surface area contributed by atoms with E-state index in [0.29, 0.717) is 28.6 Å². The van der Waals surface area contributed by atoms with E-state index in [-0.39, 0.29) is 12.0 Å². The van der Waals surface area contributed by atoms with Crippen LogP contribution in [0.15, 0.2) is 29.6 Å². The first-order valence-electron chi connectivity index (χ1n) is 7.96. The van der Waals surface area contributed by atoms with Crippen molar-refractivity contribution < 1.29 is 19.1 Å². The predicted octanol–water partition coefficient (Wildman–Crippen LogP) is 2.77. The van der Waals surface area contributed by atoms with Crippen LogP contribution in [-0.4, -0.2) is 43.2 Å².